The second kappa shape index (κ2) is 8.48. The smallest absolute Gasteiger partial charge is 0.105 e. The van der Waals surface area contributed by atoms with Gasteiger partial charge in [-0.1, -0.05) is 27.7 Å². The van der Waals surface area contributed by atoms with Gasteiger partial charge in [0.1, 0.15) is 5.76 Å². The molecule has 0 radical (unpaired) electrons. The number of furan rings is 1. The first kappa shape index (κ1) is 17.3. The maximum atomic E-state index is 5.57. The highest BCUT2D eigenvalue weighted by Crippen LogP contribution is 2.26. The Morgan fingerprint density at radius 1 is 1.25 bits per heavy atom. The molecule has 1 aromatic heterocycles. The van der Waals surface area contributed by atoms with E-state index in [1.807, 2.05) is 6.07 Å². The molecule has 0 aliphatic heterocycles. The molecule has 0 aliphatic rings. The molecule has 3 nitrogen and oxygen atoms in total. The Morgan fingerprint density at radius 3 is 2.40 bits per heavy atom. The van der Waals surface area contributed by atoms with Gasteiger partial charge in [-0.15, -0.1) is 0 Å². The van der Waals surface area contributed by atoms with Gasteiger partial charge < -0.3 is 9.73 Å². The van der Waals surface area contributed by atoms with E-state index in [9.17, 15) is 0 Å². The topological polar surface area (TPSA) is 28.4 Å². The van der Waals surface area contributed by atoms with Crippen LogP contribution in [0.25, 0.3) is 0 Å². The summed E-state index contributed by atoms with van der Waals surface area (Å²) in [6, 6.07) is 4.48. The van der Waals surface area contributed by atoms with Crippen LogP contribution in [0.2, 0.25) is 0 Å². The van der Waals surface area contributed by atoms with Gasteiger partial charge in [0.2, 0.25) is 0 Å². The van der Waals surface area contributed by atoms with Crippen molar-refractivity contribution in [3.8, 4) is 0 Å². The monoisotopic (exact) mass is 280 g/mol. The average molecular weight is 280 g/mol. The summed E-state index contributed by atoms with van der Waals surface area (Å²) in [6.07, 6.45) is 5.02. The molecular weight excluding hydrogens is 248 g/mol. The Morgan fingerprint density at radius 2 is 1.95 bits per heavy atom. The first-order chi connectivity index (χ1) is 9.62. The van der Waals surface area contributed by atoms with Crippen molar-refractivity contribution >= 4 is 0 Å². The van der Waals surface area contributed by atoms with Crippen LogP contribution in [-0.4, -0.2) is 36.1 Å². The van der Waals surface area contributed by atoms with Crippen molar-refractivity contribution in [2.75, 3.05) is 19.6 Å². The third kappa shape index (κ3) is 4.10. The third-order valence-electron chi connectivity index (χ3n) is 4.58. The summed E-state index contributed by atoms with van der Waals surface area (Å²) in [5, 5.41) is 3.75. The van der Waals surface area contributed by atoms with Crippen molar-refractivity contribution in [2.24, 2.45) is 0 Å². The number of hydrogen-bond acceptors (Lipinski definition) is 3. The van der Waals surface area contributed by atoms with Gasteiger partial charge in [-0.25, -0.2) is 0 Å². The van der Waals surface area contributed by atoms with E-state index in [2.05, 4.69) is 50.9 Å². The van der Waals surface area contributed by atoms with Crippen molar-refractivity contribution < 1.29 is 4.42 Å². The molecule has 0 saturated carbocycles. The van der Waals surface area contributed by atoms with Gasteiger partial charge in [0.15, 0.2) is 0 Å². The maximum absolute atomic E-state index is 5.57. The average Bonchev–Trinajstić information content (AvgIpc) is 2.97. The predicted molar refractivity (Wildman–Crippen MR) is 86.1 cm³/mol. The fraction of sp³-hybridized carbons (Fsp3) is 0.765. The molecule has 2 unspecified atom stereocenters. The fourth-order valence-electron chi connectivity index (χ4n) is 3.10. The Balaban J connectivity index is 2.92. The van der Waals surface area contributed by atoms with Gasteiger partial charge in [0.25, 0.3) is 0 Å². The van der Waals surface area contributed by atoms with Crippen molar-refractivity contribution in [3.05, 3.63) is 24.2 Å². The lowest BCUT2D eigenvalue weighted by molar-refractivity contribution is 0.0681. The number of hydrogen-bond donors (Lipinski definition) is 1. The van der Waals surface area contributed by atoms with Gasteiger partial charge >= 0.3 is 0 Å². The largest absolute Gasteiger partial charge is 0.469 e. The standard InChI is InChI=1S/C17H32N2O/c1-6-12-18-16(14-15-11-10-13-20-15)17(5,7-2)19(8-3)9-4/h10-11,13,16,18H,6-9,12,14H2,1-5H3. The Hall–Kier alpha value is -0.800. The second-order valence-electron chi connectivity index (χ2n) is 5.67. The summed E-state index contributed by atoms with van der Waals surface area (Å²) < 4.78 is 5.57. The van der Waals surface area contributed by atoms with E-state index in [0.29, 0.717) is 6.04 Å². The molecule has 1 heterocycles. The maximum Gasteiger partial charge on any atom is 0.105 e. The molecule has 3 heteroatoms. The Labute approximate surface area is 124 Å². The summed E-state index contributed by atoms with van der Waals surface area (Å²) in [5.74, 6) is 1.07. The molecule has 116 valence electrons. The van der Waals surface area contributed by atoms with Crippen LogP contribution in [0.1, 0.15) is 53.2 Å². The molecule has 2 atom stereocenters. The van der Waals surface area contributed by atoms with E-state index < -0.39 is 0 Å². The highest BCUT2D eigenvalue weighted by Gasteiger charge is 2.36. The molecule has 1 N–H and O–H groups in total. The van der Waals surface area contributed by atoms with Crippen LogP contribution in [0, 0.1) is 0 Å². The van der Waals surface area contributed by atoms with Crippen molar-refractivity contribution in [2.45, 2.75) is 65.5 Å². The molecule has 0 bridgehead atoms. The summed E-state index contributed by atoms with van der Waals surface area (Å²) in [6.45, 7) is 14.6. The molecule has 0 aromatic carbocycles. The first-order valence-corrected chi connectivity index (χ1v) is 8.13. The molecular formula is C17H32N2O. The second-order valence-corrected chi connectivity index (χ2v) is 5.67. The minimum absolute atomic E-state index is 0.158. The zero-order valence-corrected chi connectivity index (χ0v) is 13.9. The van der Waals surface area contributed by atoms with E-state index in [1.54, 1.807) is 6.26 Å². The molecule has 1 aromatic rings. The quantitative estimate of drug-likeness (QED) is 0.708. The number of nitrogens with zero attached hydrogens (tertiary/aromatic N) is 1. The molecule has 1 rings (SSSR count). The molecule has 0 amide bonds. The van der Waals surface area contributed by atoms with Crippen LogP contribution < -0.4 is 5.32 Å². The zero-order valence-electron chi connectivity index (χ0n) is 13.9. The minimum Gasteiger partial charge on any atom is -0.469 e. The van der Waals surface area contributed by atoms with E-state index in [-0.39, 0.29) is 5.54 Å². The molecule has 20 heavy (non-hydrogen) atoms. The van der Waals surface area contributed by atoms with E-state index in [1.165, 1.54) is 0 Å². The number of likely N-dealkylation sites (N-methyl/N-ethyl adjacent to an activating group) is 1. The Bertz CT molecular complexity index is 346. The van der Waals surface area contributed by atoms with Crippen LogP contribution >= 0.6 is 0 Å². The van der Waals surface area contributed by atoms with Crippen molar-refractivity contribution in [1.29, 1.82) is 0 Å². The Kier molecular flexibility index (Phi) is 7.31. The zero-order chi connectivity index (χ0) is 15.0. The van der Waals surface area contributed by atoms with Gasteiger partial charge in [0, 0.05) is 18.0 Å². The van der Waals surface area contributed by atoms with Crippen LogP contribution in [0.15, 0.2) is 22.8 Å². The predicted octanol–water partition coefficient (Wildman–Crippen LogP) is 3.70. The lowest BCUT2D eigenvalue weighted by atomic mass is 9.84. The first-order valence-electron chi connectivity index (χ1n) is 8.13. The van der Waals surface area contributed by atoms with Gasteiger partial charge in [0.05, 0.1) is 6.26 Å². The van der Waals surface area contributed by atoms with Crippen LogP contribution in [0.5, 0.6) is 0 Å². The minimum atomic E-state index is 0.158. The fourth-order valence-corrected chi connectivity index (χ4v) is 3.10. The van der Waals surface area contributed by atoms with Crippen LogP contribution in [-0.2, 0) is 6.42 Å². The summed E-state index contributed by atoms with van der Waals surface area (Å²) in [5.41, 5.74) is 0.158. The van der Waals surface area contributed by atoms with E-state index >= 15 is 0 Å². The highest BCUT2D eigenvalue weighted by molar-refractivity contribution is 5.06. The normalized spacial score (nSPS) is 16.3. The highest BCUT2D eigenvalue weighted by atomic mass is 16.3. The van der Waals surface area contributed by atoms with Gasteiger partial charge in [-0.05, 0) is 51.5 Å². The van der Waals surface area contributed by atoms with E-state index in [0.717, 1.165) is 44.7 Å². The van der Waals surface area contributed by atoms with Gasteiger partial charge in [-0.2, -0.15) is 0 Å². The van der Waals surface area contributed by atoms with Crippen LogP contribution in [0.3, 0.4) is 0 Å². The molecule has 0 aliphatic carbocycles. The number of nitrogens with one attached hydrogen (secondary N) is 1. The molecule has 0 fully saturated rings. The van der Waals surface area contributed by atoms with Crippen molar-refractivity contribution in [1.82, 2.24) is 10.2 Å². The SMILES string of the molecule is CCCNC(Cc1ccco1)C(C)(CC)N(CC)CC. The van der Waals surface area contributed by atoms with Gasteiger partial charge in [-0.3, -0.25) is 4.90 Å². The summed E-state index contributed by atoms with van der Waals surface area (Å²) >= 11 is 0. The summed E-state index contributed by atoms with van der Waals surface area (Å²) in [4.78, 5) is 2.57. The number of rotatable bonds is 10. The van der Waals surface area contributed by atoms with E-state index in [4.69, 9.17) is 4.42 Å². The molecule has 0 saturated heterocycles. The van der Waals surface area contributed by atoms with Crippen molar-refractivity contribution in [3.63, 3.8) is 0 Å². The lowest BCUT2D eigenvalue weighted by Crippen LogP contribution is -2.60. The third-order valence-corrected chi connectivity index (χ3v) is 4.58. The summed E-state index contributed by atoms with van der Waals surface area (Å²) in [7, 11) is 0. The van der Waals surface area contributed by atoms with Crippen LogP contribution in [0.4, 0.5) is 0 Å². The molecule has 0 spiro atoms. The lowest BCUT2D eigenvalue weighted by Gasteiger charge is -2.46.